The molecular weight excluding hydrogens is 586 g/mol. The molecule has 1 aliphatic rings. The third kappa shape index (κ3) is 5.89. The Morgan fingerprint density at radius 1 is 1.28 bits per heavy atom. The molecule has 1 aliphatic heterocycles. The molecule has 184 valence electrons. The maximum absolute atomic E-state index is 13.0. The highest BCUT2D eigenvalue weighted by Crippen LogP contribution is 2.39. The van der Waals surface area contributed by atoms with E-state index in [1.54, 1.807) is 42.6 Å². The molecule has 0 unspecified atom stereocenters. The summed E-state index contributed by atoms with van der Waals surface area (Å²) >= 11 is 16.1. The minimum absolute atomic E-state index is 0.198. The predicted molar refractivity (Wildman–Crippen MR) is 148 cm³/mol. The third-order valence-electron chi connectivity index (χ3n) is 5.02. The number of thiocarbonyl (C=S) groups is 1. The lowest BCUT2D eigenvalue weighted by atomic mass is 10.1. The van der Waals surface area contributed by atoms with Crippen LogP contribution in [-0.2, 0) is 11.4 Å². The standard InChI is InChI=1S/C25H19BrClN3O4S2/c1-14-6-7-17(19(27)9-14)23(31)29-30-24(32)21(36-25(30)35)12-15-10-18(26)22(20(11-15)33-2)34-13-16-5-3-4-8-28-16/h3-12H,13H2,1-2H3,(H,29,31)/b21-12+. The first-order valence-electron chi connectivity index (χ1n) is 10.5. The third-order valence-corrected chi connectivity index (χ3v) is 7.22. The normalized spacial score (nSPS) is 14.3. The van der Waals surface area contributed by atoms with Crippen molar-refractivity contribution in [3.8, 4) is 11.5 Å². The number of ether oxygens (including phenoxy) is 2. The van der Waals surface area contributed by atoms with E-state index in [9.17, 15) is 9.59 Å². The molecule has 1 saturated heterocycles. The molecule has 0 atom stereocenters. The number of aromatic nitrogens is 1. The van der Waals surface area contributed by atoms with Crippen molar-refractivity contribution in [2.75, 3.05) is 7.11 Å². The van der Waals surface area contributed by atoms with Crippen molar-refractivity contribution in [3.63, 3.8) is 0 Å². The van der Waals surface area contributed by atoms with Crippen LogP contribution in [0.25, 0.3) is 6.08 Å². The van der Waals surface area contributed by atoms with Crippen LogP contribution >= 0.6 is 51.5 Å². The lowest BCUT2D eigenvalue weighted by Crippen LogP contribution is -2.44. The van der Waals surface area contributed by atoms with Crippen molar-refractivity contribution in [2.45, 2.75) is 13.5 Å². The summed E-state index contributed by atoms with van der Waals surface area (Å²) in [7, 11) is 1.53. The molecular formula is C25H19BrClN3O4S2. The molecule has 2 heterocycles. The Kier molecular flexibility index (Phi) is 8.30. The van der Waals surface area contributed by atoms with Crippen molar-refractivity contribution in [1.29, 1.82) is 0 Å². The highest BCUT2D eigenvalue weighted by Gasteiger charge is 2.34. The molecule has 3 aromatic rings. The lowest BCUT2D eigenvalue weighted by molar-refractivity contribution is -0.123. The Balaban J connectivity index is 1.52. The van der Waals surface area contributed by atoms with Crippen LogP contribution in [-0.4, -0.2) is 33.2 Å². The number of thioether (sulfide) groups is 1. The minimum Gasteiger partial charge on any atom is -0.493 e. The van der Waals surface area contributed by atoms with Gasteiger partial charge in [-0.05, 0) is 88.7 Å². The number of nitrogens with zero attached hydrogens (tertiary/aromatic N) is 2. The number of methoxy groups -OCH3 is 1. The van der Waals surface area contributed by atoms with Crippen LogP contribution < -0.4 is 14.9 Å². The summed E-state index contributed by atoms with van der Waals surface area (Å²) < 4.78 is 12.3. The van der Waals surface area contributed by atoms with Crippen molar-refractivity contribution in [2.24, 2.45) is 0 Å². The van der Waals surface area contributed by atoms with Gasteiger partial charge in [-0.15, -0.1) is 0 Å². The molecule has 2 amide bonds. The van der Waals surface area contributed by atoms with Crippen LogP contribution in [0, 0.1) is 6.92 Å². The number of pyridine rings is 1. The molecule has 2 aromatic carbocycles. The molecule has 4 rings (SSSR count). The van der Waals surface area contributed by atoms with Gasteiger partial charge in [-0.3, -0.25) is 20.0 Å². The average Bonchev–Trinajstić information content (AvgIpc) is 3.10. The van der Waals surface area contributed by atoms with Gasteiger partial charge in [0.05, 0.1) is 32.8 Å². The Morgan fingerprint density at radius 2 is 2.08 bits per heavy atom. The number of aryl methyl sites for hydroxylation is 1. The first-order chi connectivity index (χ1) is 17.3. The Labute approximate surface area is 230 Å². The van der Waals surface area contributed by atoms with E-state index < -0.39 is 11.8 Å². The quantitative estimate of drug-likeness (QED) is 0.264. The van der Waals surface area contributed by atoms with Gasteiger partial charge in [-0.2, -0.15) is 5.01 Å². The Morgan fingerprint density at radius 3 is 2.78 bits per heavy atom. The second-order valence-corrected chi connectivity index (χ2v) is 10.5. The number of hydrogen-bond acceptors (Lipinski definition) is 7. The summed E-state index contributed by atoms with van der Waals surface area (Å²) in [5.41, 5.74) is 5.16. The summed E-state index contributed by atoms with van der Waals surface area (Å²) in [4.78, 5) is 30.3. The molecule has 11 heteroatoms. The van der Waals surface area contributed by atoms with Gasteiger partial charge in [0.25, 0.3) is 11.8 Å². The fraction of sp³-hybridized carbons (Fsp3) is 0.120. The zero-order valence-electron chi connectivity index (χ0n) is 19.1. The molecule has 0 saturated carbocycles. The number of benzene rings is 2. The van der Waals surface area contributed by atoms with Gasteiger partial charge in [0.1, 0.15) is 6.61 Å². The molecule has 7 nitrogen and oxygen atoms in total. The van der Waals surface area contributed by atoms with E-state index in [1.165, 1.54) is 7.11 Å². The zero-order chi connectivity index (χ0) is 25.8. The summed E-state index contributed by atoms with van der Waals surface area (Å²) in [6.07, 6.45) is 3.36. The second kappa shape index (κ2) is 11.4. The number of hydrogen-bond donors (Lipinski definition) is 1. The largest absolute Gasteiger partial charge is 0.493 e. The van der Waals surface area contributed by atoms with Crippen molar-refractivity contribution in [3.05, 3.63) is 91.5 Å². The fourth-order valence-corrected chi connectivity index (χ4v) is 5.35. The van der Waals surface area contributed by atoms with Crippen molar-refractivity contribution >= 4 is 73.7 Å². The highest BCUT2D eigenvalue weighted by molar-refractivity contribution is 9.10. The van der Waals surface area contributed by atoms with Gasteiger partial charge in [-0.25, -0.2) is 0 Å². The molecule has 0 bridgehead atoms. The predicted octanol–water partition coefficient (Wildman–Crippen LogP) is 5.94. The van der Waals surface area contributed by atoms with Gasteiger partial charge in [0.2, 0.25) is 0 Å². The SMILES string of the molecule is COc1cc(/C=C2/SC(=S)N(NC(=O)c3ccc(C)cc3Cl)C2=O)cc(Br)c1OCc1ccccn1. The monoisotopic (exact) mass is 603 g/mol. The van der Waals surface area contributed by atoms with Crippen molar-refractivity contribution in [1.82, 2.24) is 15.4 Å². The highest BCUT2D eigenvalue weighted by atomic mass is 79.9. The molecule has 1 aromatic heterocycles. The van der Waals surface area contributed by atoms with Gasteiger partial charge in [0, 0.05) is 6.20 Å². The average molecular weight is 605 g/mol. The maximum Gasteiger partial charge on any atom is 0.285 e. The second-order valence-electron chi connectivity index (χ2n) is 7.59. The van der Waals surface area contributed by atoms with Gasteiger partial charge >= 0.3 is 0 Å². The summed E-state index contributed by atoms with van der Waals surface area (Å²) in [6, 6.07) is 14.2. The smallest absolute Gasteiger partial charge is 0.285 e. The number of rotatable bonds is 7. The molecule has 1 N–H and O–H groups in total. The molecule has 0 aliphatic carbocycles. The van der Waals surface area contributed by atoms with E-state index in [0.29, 0.717) is 26.4 Å². The molecule has 1 fully saturated rings. The van der Waals surface area contributed by atoms with Crippen LogP contribution in [0.5, 0.6) is 11.5 Å². The summed E-state index contributed by atoms with van der Waals surface area (Å²) in [5.74, 6) is 0.00275. The van der Waals surface area contributed by atoms with Crippen LogP contribution in [0.3, 0.4) is 0 Å². The van der Waals surface area contributed by atoms with Gasteiger partial charge in [0.15, 0.2) is 15.8 Å². The van der Waals surface area contributed by atoms with E-state index in [-0.39, 0.29) is 21.5 Å². The van der Waals surface area contributed by atoms with E-state index in [0.717, 1.165) is 28.0 Å². The van der Waals surface area contributed by atoms with Crippen LogP contribution in [0.1, 0.15) is 27.2 Å². The number of carbonyl (C=O) groups is 2. The Hall–Kier alpha value is -2.92. The van der Waals surface area contributed by atoms with Crippen LogP contribution in [0.4, 0.5) is 0 Å². The van der Waals surface area contributed by atoms with Crippen LogP contribution in [0.15, 0.2) is 64.1 Å². The van der Waals surface area contributed by atoms with Gasteiger partial charge < -0.3 is 9.47 Å². The van der Waals surface area contributed by atoms with E-state index in [2.05, 4.69) is 26.3 Å². The minimum atomic E-state index is -0.531. The maximum atomic E-state index is 13.0. The number of halogens is 2. The lowest BCUT2D eigenvalue weighted by Gasteiger charge is -2.16. The van der Waals surface area contributed by atoms with Gasteiger partial charge in [-0.1, -0.05) is 35.5 Å². The number of amides is 2. The van der Waals surface area contributed by atoms with E-state index in [4.69, 9.17) is 33.3 Å². The topological polar surface area (TPSA) is 80.8 Å². The number of hydrazine groups is 1. The molecule has 0 spiro atoms. The van der Waals surface area contributed by atoms with Crippen LogP contribution in [0.2, 0.25) is 5.02 Å². The summed E-state index contributed by atoms with van der Waals surface area (Å²) in [6.45, 7) is 2.13. The Bertz CT molecular complexity index is 1390. The molecule has 0 radical (unpaired) electrons. The van der Waals surface area contributed by atoms with E-state index in [1.807, 2.05) is 25.1 Å². The first kappa shape index (κ1) is 26.2. The number of nitrogens with one attached hydrogen (secondary N) is 1. The number of carbonyl (C=O) groups excluding carboxylic acids is 2. The van der Waals surface area contributed by atoms with E-state index >= 15 is 0 Å². The fourth-order valence-electron chi connectivity index (χ4n) is 3.27. The zero-order valence-corrected chi connectivity index (χ0v) is 23.1. The first-order valence-corrected chi connectivity index (χ1v) is 12.9. The van der Waals surface area contributed by atoms with Crippen molar-refractivity contribution < 1.29 is 19.1 Å². The summed E-state index contributed by atoms with van der Waals surface area (Å²) in [5, 5.41) is 1.33. The molecule has 36 heavy (non-hydrogen) atoms.